The van der Waals surface area contributed by atoms with Gasteiger partial charge >= 0.3 is 0 Å². The zero-order valence-electron chi connectivity index (χ0n) is 9.89. The molecule has 1 heterocycles. The minimum absolute atomic E-state index is 0.278. The summed E-state index contributed by atoms with van der Waals surface area (Å²) in [4.78, 5) is 8.02. The van der Waals surface area contributed by atoms with E-state index in [1.165, 1.54) is 6.42 Å². The van der Waals surface area contributed by atoms with Crippen molar-refractivity contribution in [1.82, 2.24) is 15.3 Å². The number of aromatic nitrogens is 2. The smallest absolute Gasteiger partial charge is 0.115 e. The fraction of sp³-hybridized carbons (Fsp3) is 0.667. The Kier molecular flexibility index (Phi) is 6.69. The molecule has 0 fully saturated rings. The molecule has 1 aromatic heterocycles. The SMILES string of the molecule is CCCC(CCO)CNCc1ccncn1. The lowest BCUT2D eigenvalue weighted by Crippen LogP contribution is -2.23. The van der Waals surface area contributed by atoms with E-state index in [9.17, 15) is 0 Å². The number of nitrogens with zero attached hydrogens (tertiary/aromatic N) is 2. The van der Waals surface area contributed by atoms with Crippen molar-refractivity contribution < 1.29 is 5.11 Å². The molecule has 4 heteroatoms. The molecule has 0 bridgehead atoms. The van der Waals surface area contributed by atoms with E-state index >= 15 is 0 Å². The zero-order chi connectivity index (χ0) is 11.6. The number of rotatable bonds is 8. The number of nitrogens with one attached hydrogen (secondary N) is 1. The van der Waals surface area contributed by atoms with Crippen LogP contribution in [0.3, 0.4) is 0 Å². The Bertz CT molecular complexity index is 260. The molecule has 0 radical (unpaired) electrons. The van der Waals surface area contributed by atoms with Gasteiger partial charge in [0, 0.05) is 19.3 Å². The molecule has 90 valence electrons. The largest absolute Gasteiger partial charge is 0.396 e. The highest BCUT2D eigenvalue weighted by atomic mass is 16.3. The van der Waals surface area contributed by atoms with Crippen molar-refractivity contribution in [1.29, 1.82) is 0 Å². The van der Waals surface area contributed by atoms with Crippen LogP contribution in [-0.4, -0.2) is 28.2 Å². The molecular formula is C12H21N3O. The molecule has 1 rings (SSSR count). The molecule has 0 aliphatic carbocycles. The van der Waals surface area contributed by atoms with Gasteiger partial charge in [-0.05, 0) is 31.4 Å². The third-order valence-corrected chi connectivity index (χ3v) is 2.62. The van der Waals surface area contributed by atoms with Gasteiger partial charge in [-0.1, -0.05) is 13.3 Å². The molecule has 0 saturated carbocycles. The second-order valence-corrected chi connectivity index (χ2v) is 4.00. The highest BCUT2D eigenvalue weighted by molar-refractivity contribution is 4.96. The van der Waals surface area contributed by atoms with Gasteiger partial charge in [0.1, 0.15) is 6.33 Å². The number of aliphatic hydroxyl groups excluding tert-OH is 1. The molecule has 4 nitrogen and oxygen atoms in total. The molecule has 2 N–H and O–H groups in total. The van der Waals surface area contributed by atoms with Gasteiger partial charge in [-0.15, -0.1) is 0 Å². The average molecular weight is 223 g/mol. The second-order valence-electron chi connectivity index (χ2n) is 4.00. The van der Waals surface area contributed by atoms with E-state index in [4.69, 9.17) is 5.11 Å². The first kappa shape index (κ1) is 13.1. The van der Waals surface area contributed by atoms with Gasteiger partial charge < -0.3 is 10.4 Å². The fourth-order valence-electron chi connectivity index (χ4n) is 1.77. The van der Waals surface area contributed by atoms with Crippen LogP contribution in [-0.2, 0) is 6.54 Å². The zero-order valence-corrected chi connectivity index (χ0v) is 9.89. The van der Waals surface area contributed by atoms with Gasteiger partial charge in [-0.3, -0.25) is 0 Å². The molecule has 1 unspecified atom stereocenters. The van der Waals surface area contributed by atoms with Gasteiger partial charge in [0.15, 0.2) is 0 Å². The van der Waals surface area contributed by atoms with Gasteiger partial charge in [0.2, 0.25) is 0 Å². The molecule has 0 aromatic carbocycles. The minimum Gasteiger partial charge on any atom is -0.396 e. The van der Waals surface area contributed by atoms with Gasteiger partial charge in [0.25, 0.3) is 0 Å². The summed E-state index contributed by atoms with van der Waals surface area (Å²) >= 11 is 0. The lowest BCUT2D eigenvalue weighted by molar-refractivity contribution is 0.248. The summed E-state index contributed by atoms with van der Waals surface area (Å²) in [7, 11) is 0. The van der Waals surface area contributed by atoms with Crippen molar-refractivity contribution >= 4 is 0 Å². The molecule has 0 saturated heterocycles. The predicted octanol–water partition coefficient (Wildman–Crippen LogP) is 1.36. The van der Waals surface area contributed by atoms with E-state index < -0.39 is 0 Å². The Balaban J connectivity index is 2.22. The first-order chi connectivity index (χ1) is 7.86. The molecule has 0 amide bonds. The number of hydrogen-bond donors (Lipinski definition) is 2. The van der Waals surface area contributed by atoms with Crippen LogP contribution in [0.15, 0.2) is 18.6 Å². The molecule has 1 aromatic rings. The second kappa shape index (κ2) is 8.19. The Labute approximate surface area is 97.1 Å². The summed E-state index contributed by atoms with van der Waals surface area (Å²) in [5, 5.41) is 12.3. The Morgan fingerprint density at radius 2 is 2.31 bits per heavy atom. The average Bonchev–Trinajstić information content (AvgIpc) is 2.31. The van der Waals surface area contributed by atoms with Crippen molar-refractivity contribution in [3.05, 3.63) is 24.3 Å². The quantitative estimate of drug-likeness (QED) is 0.698. The van der Waals surface area contributed by atoms with Crippen molar-refractivity contribution in [2.45, 2.75) is 32.7 Å². The van der Waals surface area contributed by atoms with Crippen molar-refractivity contribution in [2.24, 2.45) is 5.92 Å². The maximum Gasteiger partial charge on any atom is 0.115 e. The van der Waals surface area contributed by atoms with Gasteiger partial charge in [0.05, 0.1) is 5.69 Å². The van der Waals surface area contributed by atoms with E-state index in [1.807, 2.05) is 6.07 Å². The standard InChI is InChI=1S/C12H21N3O/c1-2-3-11(5-7-16)8-14-9-12-4-6-13-10-15-12/h4,6,10-11,14,16H,2-3,5,7-9H2,1H3. The van der Waals surface area contributed by atoms with E-state index in [0.29, 0.717) is 5.92 Å². The highest BCUT2D eigenvalue weighted by Gasteiger charge is 2.06. The van der Waals surface area contributed by atoms with E-state index in [-0.39, 0.29) is 6.61 Å². The number of hydrogen-bond acceptors (Lipinski definition) is 4. The molecule has 1 atom stereocenters. The Morgan fingerprint density at radius 3 is 2.94 bits per heavy atom. The molecule has 0 spiro atoms. The van der Waals surface area contributed by atoms with E-state index in [1.54, 1.807) is 12.5 Å². The van der Waals surface area contributed by atoms with Crippen LogP contribution in [0.25, 0.3) is 0 Å². The van der Waals surface area contributed by atoms with Crippen LogP contribution in [0.1, 0.15) is 31.9 Å². The van der Waals surface area contributed by atoms with Crippen LogP contribution >= 0.6 is 0 Å². The Morgan fingerprint density at radius 1 is 1.44 bits per heavy atom. The van der Waals surface area contributed by atoms with Crippen molar-refractivity contribution in [2.75, 3.05) is 13.2 Å². The molecular weight excluding hydrogens is 202 g/mol. The normalized spacial score (nSPS) is 12.6. The van der Waals surface area contributed by atoms with Crippen LogP contribution in [0.5, 0.6) is 0 Å². The summed E-state index contributed by atoms with van der Waals surface area (Å²) < 4.78 is 0. The summed E-state index contributed by atoms with van der Waals surface area (Å²) in [6.07, 6.45) is 6.53. The van der Waals surface area contributed by atoms with Crippen molar-refractivity contribution in [3.8, 4) is 0 Å². The number of aliphatic hydroxyl groups is 1. The highest BCUT2D eigenvalue weighted by Crippen LogP contribution is 2.09. The third-order valence-electron chi connectivity index (χ3n) is 2.62. The van der Waals surface area contributed by atoms with Gasteiger partial charge in [-0.2, -0.15) is 0 Å². The monoisotopic (exact) mass is 223 g/mol. The van der Waals surface area contributed by atoms with Crippen LogP contribution < -0.4 is 5.32 Å². The first-order valence-corrected chi connectivity index (χ1v) is 5.93. The molecule has 16 heavy (non-hydrogen) atoms. The fourth-order valence-corrected chi connectivity index (χ4v) is 1.77. The van der Waals surface area contributed by atoms with E-state index in [2.05, 4.69) is 22.2 Å². The third kappa shape index (κ3) is 5.19. The van der Waals surface area contributed by atoms with E-state index in [0.717, 1.165) is 31.6 Å². The van der Waals surface area contributed by atoms with Crippen LogP contribution in [0.2, 0.25) is 0 Å². The molecule has 0 aliphatic heterocycles. The summed E-state index contributed by atoms with van der Waals surface area (Å²) in [5.74, 6) is 0.567. The topological polar surface area (TPSA) is 58.0 Å². The lowest BCUT2D eigenvalue weighted by Gasteiger charge is -2.15. The maximum absolute atomic E-state index is 8.93. The Hall–Kier alpha value is -1.00. The molecule has 0 aliphatic rings. The first-order valence-electron chi connectivity index (χ1n) is 5.93. The van der Waals surface area contributed by atoms with Crippen LogP contribution in [0.4, 0.5) is 0 Å². The van der Waals surface area contributed by atoms with Crippen LogP contribution in [0, 0.1) is 5.92 Å². The minimum atomic E-state index is 0.278. The lowest BCUT2D eigenvalue weighted by atomic mass is 10.0. The summed E-state index contributed by atoms with van der Waals surface area (Å²) in [6.45, 7) is 4.17. The van der Waals surface area contributed by atoms with Gasteiger partial charge in [-0.25, -0.2) is 9.97 Å². The maximum atomic E-state index is 8.93. The predicted molar refractivity (Wildman–Crippen MR) is 63.8 cm³/mol. The summed E-state index contributed by atoms with van der Waals surface area (Å²) in [6, 6.07) is 1.91. The van der Waals surface area contributed by atoms with Crippen molar-refractivity contribution in [3.63, 3.8) is 0 Å². The summed E-state index contributed by atoms with van der Waals surface area (Å²) in [5.41, 5.74) is 1.01.